The average Bonchev–Trinajstić information content (AvgIpc) is 2.65. The van der Waals surface area contributed by atoms with Gasteiger partial charge in [-0.05, 0) is 29.9 Å². The van der Waals surface area contributed by atoms with Gasteiger partial charge in [0.1, 0.15) is 5.78 Å². The van der Waals surface area contributed by atoms with Crippen LogP contribution in [0.1, 0.15) is 30.4 Å². The van der Waals surface area contributed by atoms with E-state index in [-0.39, 0.29) is 6.61 Å². The van der Waals surface area contributed by atoms with Crippen molar-refractivity contribution in [1.82, 2.24) is 0 Å². The van der Waals surface area contributed by atoms with Crippen LogP contribution in [0.25, 0.3) is 0 Å². The maximum Gasteiger partial charge on any atom is 0.133 e. The Balaban J connectivity index is 2.07. The van der Waals surface area contributed by atoms with E-state index in [0.717, 1.165) is 31.2 Å². The number of aliphatic hydroxyl groups is 1. The van der Waals surface area contributed by atoms with Gasteiger partial charge in [-0.1, -0.05) is 24.3 Å². The van der Waals surface area contributed by atoms with Crippen molar-refractivity contribution in [2.75, 3.05) is 0 Å². The molecule has 0 bridgehead atoms. The van der Waals surface area contributed by atoms with Gasteiger partial charge in [0.2, 0.25) is 0 Å². The highest BCUT2D eigenvalue weighted by molar-refractivity contribution is 5.80. The molecular weight excluding hydrogens is 188 g/mol. The van der Waals surface area contributed by atoms with Crippen molar-refractivity contribution in [2.24, 2.45) is 5.92 Å². The highest BCUT2D eigenvalue weighted by Crippen LogP contribution is 2.26. The van der Waals surface area contributed by atoms with E-state index in [2.05, 4.69) is 0 Å². The van der Waals surface area contributed by atoms with Crippen LogP contribution in [0, 0.1) is 5.92 Å². The van der Waals surface area contributed by atoms with Crippen LogP contribution in [0.15, 0.2) is 24.3 Å². The fraction of sp³-hybridized carbons (Fsp3) is 0.462. The van der Waals surface area contributed by atoms with Crippen LogP contribution in [0.4, 0.5) is 0 Å². The highest BCUT2D eigenvalue weighted by Gasteiger charge is 2.22. The third kappa shape index (κ3) is 2.45. The Labute approximate surface area is 89.9 Å². The van der Waals surface area contributed by atoms with Crippen molar-refractivity contribution >= 4 is 5.78 Å². The zero-order valence-corrected chi connectivity index (χ0v) is 8.78. The van der Waals surface area contributed by atoms with E-state index in [0.29, 0.717) is 11.7 Å². The molecule has 1 aromatic rings. The summed E-state index contributed by atoms with van der Waals surface area (Å²) >= 11 is 0. The first-order chi connectivity index (χ1) is 7.29. The molecule has 0 spiro atoms. The Kier molecular flexibility index (Phi) is 3.17. The Morgan fingerprint density at radius 3 is 2.60 bits per heavy atom. The minimum Gasteiger partial charge on any atom is -0.392 e. The second-order valence-electron chi connectivity index (χ2n) is 4.28. The van der Waals surface area contributed by atoms with E-state index >= 15 is 0 Å². The molecule has 2 rings (SSSR count). The Hall–Kier alpha value is -1.15. The molecule has 80 valence electrons. The van der Waals surface area contributed by atoms with Crippen molar-refractivity contribution in [3.8, 4) is 0 Å². The third-order valence-electron chi connectivity index (χ3n) is 3.15. The molecule has 2 nitrogen and oxygen atoms in total. The number of carbonyl (C=O) groups is 1. The number of ketones is 1. The fourth-order valence-electron chi connectivity index (χ4n) is 2.29. The summed E-state index contributed by atoms with van der Waals surface area (Å²) in [6.45, 7) is 0.0941. The number of Topliss-reactive ketones (excluding diaryl/α,β-unsaturated/α-hetero) is 1. The minimum absolute atomic E-state index is 0.0941. The van der Waals surface area contributed by atoms with Gasteiger partial charge in [-0.25, -0.2) is 0 Å². The Morgan fingerprint density at radius 2 is 2.00 bits per heavy atom. The van der Waals surface area contributed by atoms with E-state index in [1.807, 2.05) is 24.3 Å². The van der Waals surface area contributed by atoms with Gasteiger partial charge in [-0.15, -0.1) is 0 Å². The molecule has 1 atom stereocenters. The molecule has 0 heterocycles. The van der Waals surface area contributed by atoms with Crippen LogP contribution in [-0.2, 0) is 17.8 Å². The van der Waals surface area contributed by atoms with E-state index in [9.17, 15) is 9.90 Å². The van der Waals surface area contributed by atoms with Gasteiger partial charge in [0.05, 0.1) is 6.61 Å². The molecule has 0 amide bonds. The lowest BCUT2D eigenvalue weighted by Crippen LogP contribution is -2.03. The maximum atomic E-state index is 11.1. The number of hydrogen-bond donors (Lipinski definition) is 1. The first kappa shape index (κ1) is 10.4. The molecule has 1 saturated carbocycles. The molecule has 0 saturated heterocycles. The van der Waals surface area contributed by atoms with Crippen LogP contribution in [0.3, 0.4) is 0 Å². The number of carbonyl (C=O) groups excluding carboxylic acids is 1. The predicted octanol–water partition coefficient (Wildman–Crippen LogP) is 2.09. The average molecular weight is 204 g/mol. The predicted molar refractivity (Wildman–Crippen MR) is 58.4 cm³/mol. The molecule has 1 aliphatic rings. The van der Waals surface area contributed by atoms with Gasteiger partial charge < -0.3 is 5.11 Å². The second kappa shape index (κ2) is 4.58. The van der Waals surface area contributed by atoms with Crippen molar-refractivity contribution in [2.45, 2.75) is 32.3 Å². The maximum absolute atomic E-state index is 11.1. The molecule has 1 aliphatic carbocycles. The highest BCUT2D eigenvalue weighted by atomic mass is 16.3. The van der Waals surface area contributed by atoms with Crippen molar-refractivity contribution in [3.63, 3.8) is 0 Å². The van der Waals surface area contributed by atoms with Gasteiger partial charge >= 0.3 is 0 Å². The minimum atomic E-state index is 0.0941. The smallest absolute Gasteiger partial charge is 0.133 e. The van der Waals surface area contributed by atoms with Gasteiger partial charge in [-0.2, -0.15) is 0 Å². The van der Waals surface area contributed by atoms with E-state index in [1.54, 1.807) is 0 Å². The van der Waals surface area contributed by atoms with Gasteiger partial charge in [-0.3, -0.25) is 4.79 Å². The summed E-state index contributed by atoms with van der Waals surface area (Å²) in [5, 5.41) is 9.18. The third-order valence-corrected chi connectivity index (χ3v) is 3.15. The zero-order valence-electron chi connectivity index (χ0n) is 8.78. The quantitative estimate of drug-likeness (QED) is 0.818. The van der Waals surface area contributed by atoms with Gasteiger partial charge in [0.25, 0.3) is 0 Å². The standard InChI is InChI=1S/C13H16O2/c14-9-12-4-2-1-3-11(12)7-10-5-6-13(15)8-10/h1-4,10,14H,5-9H2. The van der Waals surface area contributed by atoms with Gasteiger partial charge in [0, 0.05) is 12.8 Å². The topological polar surface area (TPSA) is 37.3 Å². The molecule has 0 radical (unpaired) electrons. The van der Waals surface area contributed by atoms with E-state index in [1.165, 1.54) is 5.56 Å². The van der Waals surface area contributed by atoms with Crippen LogP contribution < -0.4 is 0 Å². The van der Waals surface area contributed by atoms with Crippen molar-refractivity contribution in [1.29, 1.82) is 0 Å². The van der Waals surface area contributed by atoms with Crippen LogP contribution in [0.5, 0.6) is 0 Å². The summed E-state index contributed by atoms with van der Waals surface area (Å²) in [5.74, 6) is 0.881. The van der Waals surface area contributed by atoms with Crippen LogP contribution in [-0.4, -0.2) is 10.9 Å². The van der Waals surface area contributed by atoms with Crippen LogP contribution >= 0.6 is 0 Å². The molecule has 1 fully saturated rings. The number of rotatable bonds is 3. The summed E-state index contributed by atoms with van der Waals surface area (Å²) in [4.78, 5) is 11.1. The lowest BCUT2D eigenvalue weighted by Gasteiger charge is -2.11. The number of hydrogen-bond acceptors (Lipinski definition) is 2. The Bertz CT molecular complexity index is 357. The number of benzene rings is 1. The largest absolute Gasteiger partial charge is 0.392 e. The lowest BCUT2D eigenvalue weighted by molar-refractivity contribution is -0.117. The van der Waals surface area contributed by atoms with Crippen molar-refractivity contribution < 1.29 is 9.90 Å². The summed E-state index contributed by atoms with van der Waals surface area (Å²) in [7, 11) is 0. The lowest BCUT2D eigenvalue weighted by atomic mass is 9.95. The summed E-state index contributed by atoms with van der Waals surface area (Å²) in [5.41, 5.74) is 2.19. The SMILES string of the molecule is O=C1CCC(Cc2ccccc2CO)C1. The molecule has 0 aliphatic heterocycles. The second-order valence-corrected chi connectivity index (χ2v) is 4.28. The number of aliphatic hydroxyl groups excluding tert-OH is 1. The van der Waals surface area contributed by atoms with Gasteiger partial charge in [0.15, 0.2) is 0 Å². The Morgan fingerprint density at radius 1 is 1.27 bits per heavy atom. The molecule has 1 aromatic carbocycles. The van der Waals surface area contributed by atoms with Crippen LogP contribution in [0.2, 0.25) is 0 Å². The first-order valence-electron chi connectivity index (χ1n) is 5.49. The molecule has 15 heavy (non-hydrogen) atoms. The fourth-order valence-corrected chi connectivity index (χ4v) is 2.29. The molecule has 1 N–H and O–H groups in total. The molecular formula is C13H16O2. The monoisotopic (exact) mass is 204 g/mol. The van der Waals surface area contributed by atoms with E-state index < -0.39 is 0 Å². The summed E-state index contributed by atoms with van der Waals surface area (Å²) in [6, 6.07) is 7.93. The summed E-state index contributed by atoms with van der Waals surface area (Å²) < 4.78 is 0. The normalized spacial score (nSPS) is 20.9. The summed E-state index contributed by atoms with van der Waals surface area (Å²) in [6.07, 6.45) is 3.41. The van der Waals surface area contributed by atoms with Crippen molar-refractivity contribution in [3.05, 3.63) is 35.4 Å². The molecule has 0 aromatic heterocycles. The zero-order chi connectivity index (χ0) is 10.7. The first-order valence-corrected chi connectivity index (χ1v) is 5.49. The van der Waals surface area contributed by atoms with E-state index in [4.69, 9.17) is 0 Å². The molecule has 1 unspecified atom stereocenters. The molecule has 2 heteroatoms.